The van der Waals surface area contributed by atoms with E-state index in [0.717, 1.165) is 5.56 Å². The Morgan fingerprint density at radius 3 is 2.57 bits per heavy atom. The van der Waals surface area contributed by atoms with Gasteiger partial charge in [0.05, 0.1) is 25.8 Å². The molecule has 0 unspecified atom stereocenters. The van der Waals surface area contributed by atoms with Crippen molar-refractivity contribution < 1.29 is 9.59 Å². The molecule has 0 bridgehead atoms. The lowest BCUT2D eigenvalue weighted by atomic mass is 10.1. The van der Waals surface area contributed by atoms with E-state index >= 15 is 0 Å². The van der Waals surface area contributed by atoms with Crippen LogP contribution in [-0.4, -0.2) is 33.4 Å². The van der Waals surface area contributed by atoms with E-state index in [4.69, 9.17) is 11.5 Å². The molecule has 0 atom stereocenters. The molecule has 0 saturated carbocycles. The molecule has 21 heavy (non-hydrogen) atoms. The lowest BCUT2D eigenvalue weighted by Gasteiger charge is -2.02. The zero-order chi connectivity index (χ0) is 15.2. The maximum absolute atomic E-state index is 11.0. The van der Waals surface area contributed by atoms with Gasteiger partial charge >= 0.3 is 0 Å². The number of primary amides is 1. The van der Waals surface area contributed by atoms with E-state index in [-0.39, 0.29) is 19.0 Å². The Balaban J connectivity index is 1.95. The molecule has 0 aliphatic rings. The average Bonchev–Trinajstić information content (AvgIpc) is 2.93. The predicted octanol–water partition coefficient (Wildman–Crippen LogP) is -1.000. The fraction of sp³-hybridized carbons (Fsp3) is 0.231. The first-order valence-corrected chi connectivity index (χ1v) is 6.33. The molecule has 1 heterocycles. The number of hydrogen-bond donors (Lipinski definition) is 3. The van der Waals surface area contributed by atoms with Crippen LogP contribution in [0.5, 0.6) is 0 Å². The average molecular weight is 288 g/mol. The highest BCUT2D eigenvalue weighted by Crippen LogP contribution is 2.06. The number of benzene rings is 1. The minimum atomic E-state index is -0.458. The van der Waals surface area contributed by atoms with Gasteiger partial charge in [-0.25, -0.2) is 4.68 Å². The van der Waals surface area contributed by atoms with Crippen molar-refractivity contribution in [2.24, 2.45) is 11.5 Å². The number of aromatic nitrogens is 3. The third-order valence-electron chi connectivity index (χ3n) is 2.82. The Morgan fingerprint density at radius 2 is 1.95 bits per heavy atom. The number of carbonyl (C=O) groups is 2. The molecule has 110 valence electrons. The first-order chi connectivity index (χ1) is 10.1. The maximum Gasteiger partial charge on any atom is 0.248 e. The molecule has 0 aliphatic carbocycles. The van der Waals surface area contributed by atoms with Crippen LogP contribution in [-0.2, 0) is 17.9 Å². The van der Waals surface area contributed by atoms with Gasteiger partial charge in [-0.1, -0.05) is 17.3 Å². The SMILES string of the molecule is NCC(=O)NCc1cn(Cc2ccc(C(N)=O)cc2)nn1. The van der Waals surface area contributed by atoms with E-state index in [1.165, 1.54) is 0 Å². The van der Waals surface area contributed by atoms with Crippen LogP contribution in [0.25, 0.3) is 0 Å². The van der Waals surface area contributed by atoms with Crippen molar-refractivity contribution in [2.75, 3.05) is 6.54 Å². The second kappa shape index (κ2) is 6.62. The Labute approximate surface area is 121 Å². The number of nitrogens with two attached hydrogens (primary N) is 2. The number of rotatable bonds is 6. The van der Waals surface area contributed by atoms with Gasteiger partial charge in [-0.05, 0) is 17.7 Å². The molecule has 0 saturated heterocycles. The van der Waals surface area contributed by atoms with Gasteiger partial charge in [-0.3, -0.25) is 9.59 Å². The van der Waals surface area contributed by atoms with Gasteiger partial charge in [0.25, 0.3) is 0 Å². The summed E-state index contributed by atoms with van der Waals surface area (Å²) in [6.45, 7) is 0.744. The van der Waals surface area contributed by atoms with Crippen LogP contribution < -0.4 is 16.8 Å². The molecule has 8 nitrogen and oxygen atoms in total. The highest BCUT2D eigenvalue weighted by atomic mass is 16.2. The van der Waals surface area contributed by atoms with E-state index in [9.17, 15) is 9.59 Å². The van der Waals surface area contributed by atoms with Crippen LogP contribution in [0.1, 0.15) is 21.6 Å². The minimum absolute atomic E-state index is 0.0552. The van der Waals surface area contributed by atoms with Gasteiger partial charge in [0.15, 0.2) is 0 Å². The summed E-state index contributed by atoms with van der Waals surface area (Å²) in [4.78, 5) is 22.0. The van der Waals surface area contributed by atoms with Gasteiger partial charge < -0.3 is 16.8 Å². The van der Waals surface area contributed by atoms with Gasteiger partial charge in [0.1, 0.15) is 5.69 Å². The van der Waals surface area contributed by atoms with Crippen molar-refractivity contribution >= 4 is 11.8 Å². The molecule has 2 amide bonds. The first kappa shape index (κ1) is 14.7. The van der Waals surface area contributed by atoms with Crippen LogP contribution in [0.2, 0.25) is 0 Å². The lowest BCUT2D eigenvalue weighted by molar-refractivity contribution is -0.119. The van der Waals surface area contributed by atoms with Crippen molar-refractivity contribution in [3.8, 4) is 0 Å². The van der Waals surface area contributed by atoms with Gasteiger partial charge in [0.2, 0.25) is 11.8 Å². The predicted molar refractivity (Wildman–Crippen MR) is 75.0 cm³/mol. The fourth-order valence-electron chi connectivity index (χ4n) is 1.72. The number of carbonyl (C=O) groups excluding carboxylic acids is 2. The molecule has 1 aromatic heterocycles. The maximum atomic E-state index is 11.0. The van der Waals surface area contributed by atoms with E-state index in [2.05, 4.69) is 15.6 Å². The normalized spacial score (nSPS) is 10.3. The molecule has 0 spiro atoms. The topological polar surface area (TPSA) is 129 Å². The monoisotopic (exact) mass is 288 g/mol. The van der Waals surface area contributed by atoms with Crippen molar-refractivity contribution in [1.29, 1.82) is 0 Å². The quantitative estimate of drug-likeness (QED) is 0.628. The van der Waals surface area contributed by atoms with Crippen molar-refractivity contribution in [3.05, 3.63) is 47.3 Å². The summed E-state index contributed by atoms with van der Waals surface area (Å²) in [7, 11) is 0. The summed E-state index contributed by atoms with van der Waals surface area (Å²) < 4.78 is 1.64. The molecular weight excluding hydrogens is 272 g/mol. The fourth-order valence-corrected chi connectivity index (χ4v) is 1.72. The molecule has 2 rings (SSSR count). The summed E-state index contributed by atoms with van der Waals surface area (Å²) in [5.74, 6) is -0.702. The molecule has 0 aliphatic heterocycles. The van der Waals surface area contributed by atoms with Crippen molar-refractivity contribution in [3.63, 3.8) is 0 Å². The van der Waals surface area contributed by atoms with E-state index < -0.39 is 5.91 Å². The first-order valence-electron chi connectivity index (χ1n) is 6.33. The molecule has 5 N–H and O–H groups in total. The van der Waals surface area contributed by atoms with Crippen molar-refractivity contribution in [2.45, 2.75) is 13.1 Å². The summed E-state index contributed by atoms with van der Waals surface area (Å²) in [5, 5.41) is 10.5. The molecular formula is C13H16N6O2. The molecule has 0 fully saturated rings. The smallest absolute Gasteiger partial charge is 0.248 e. The lowest BCUT2D eigenvalue weighted by Crippen LogP contribution is -2.29. The van der Waals surface area contributed by atoms with E-state index in [0.29, 0.717) is 17.8 Å². The highest BCUT2D eigenvalue weighted by molar-refractivity contribution is 5.92. The second-order valence-electron chi connectivity index (χ2n) is 4.45. The summed E-state index contributed by atoms with van der Waals surface area (Å²) >= 11 is 0. The van der Waals surface area contributed by atoms with Crippen LogP contribution >= 0.6 is 0 Å². The Bertz CT molecular complexity index is 634. The second-order valence-corrected chi connectivity index (χ2v) is 4.45. The minimum Gasteiger partial charge on any atom is -0.366 e. The van der Waals surface area contributed by atoms with Gasteiger partial charge in [0, 0.05) is 5.56 Å². The van der Waals surface area contributed by atoms with Crippen LogP contribution in [0.3, 0.4) is 0 Å². The van der Waals surface area contributed by atoms with E-state index in [1.807, 2.05) is 0 Å². The Morgan fingerprint density at radius 1 is 1.24 bits per heavy atom. The van der Waals surface area contributed by atoms with Gasteiger partial charge in [-0.2, -0.15) is 0 Å². The third kappa shape index (κ3) is 4.11. The zero-order valence-corrected chi connectivity index (χ0v) is 11.3. The summed E-state index contributed by atoms with van der Waals surface area (Å²) in [6, 6.07) is 6.93. The molecule has 1 aromatic carbocycles. The Hall–Kier alpha value is -2.74. The summed E-state index contributed by atoms with van der Waals surface area (Å²) in [6.07, 6.45) is 1.73. The number of nitrogens with zero attached hydrogens (tertiary/aromatic N) is 3. The standard InChI is InChI=1S/C13H16N6O2/c14-5-12(20)16-6-11-8-19(18-17-11)7-9-1-3-10(4-2-9)13(15)21/h1-4,8H,5-7,14H2,(H2,15,21)(H,16,20). The zero-order valence-electron chi connectivity index (χ0n) is 11.3. The van der Waals surface area contributed by atoms with E-state index in [1.54, 1.807) is 35.1 Å². The van der Waals surface area contributed by atoms with Crippen LogP contribution in [0, 0.1) is 0 Å². The number of hydrogen-bond acceptors (Lipinski definition) is 5. The van der Waals surface area contributed by atoms with Gasteiger partial charge in [-0.15, -0.1) is 5.10 Å². The van der Waals surface area contributed by atoms with Crippen LogP contribution in [0.15, 0.2) is 30.5 Å². The number of amides is 2. The highest BCUT2D eigenvalue weighted by Gasteiger charge is 2.04. The molecule has 8 heteroatoms. The third-order valence-corrected chi connectivity index (χ3v) is 2.82. The summed E-state index contributed by atoms with van der Waals surface area (Å²) in [5.41, 5.74) is 12.4. The molecule has 2 aromatic rings. The molecule has 0 radical (unpaired) electrons. The van der Waals surface area contributed by atoms with Crippen LogP contribution in [0.4, 0.5) is 0 Å². The number of nitrogens with one attached hydrogen (secondary N) is 1. The largest absolute Gasteiger partial charge is 0.366 e. The van der Waals surface area contributed by atoms with Crippen molar-refractivity contribution in [1.82, 2.24) is 20.3 Å². The Kier molecular flexibility index (Phi) is 4.62.